The van der Waals surface area contributed by atoms with Gasteiger partial charge >= 0.3 is 0 Å². The first-order valence-electron chi connectivity index (χ1n) is 11.2. The SMILES string of the molecule is Cc1ccc(-c2cccc(-n3c4ccccc4c4c5c(ccc43)C=CCCC5)c2)cc1. The largest absolute Gasteiger partial charge is 0.309 e. The predicted octanol–water partition coefficient (Wildman–Crippen LogP) is 8.11. The van der Waals surface area contributed by atoms with Gasteiger partial charge in [-0.3, -0.25) is 0 Å². The zero-order valence-corrected chi connectivity index (χ0v) is 17.8. The third-order valence-electron chi connectivity index (χ3n) is 6.57. The van der Waals surface area contributed by atoms with Crippen LogP contribution in [0.3, 0.4) is 0 Å². The van der Waals surface area contributed by atoms with Crippen molar-refractivity contribution < 1.29 is 0 Å². The van der Waals surface area contributed by atoms with Crippen molar-refractivity contribution in [3.63, 3.8) is 0 Å². The molecule has 1 nitrogen and oxygen atoms in total. The Morgan fingerprint density at radius 2 is 1.61 bits per heavy atom. The lowest BCUT2D eigenvalue weighted by Crippen LogP contribution is -1.95. The summed E-state index contributed by atoms with van der Waals surface area (Å²) in [7, 11) is 0. The lowest BCUT2D eigenvalue weighted by molar-refractivity contribution is 0.857. The number of nitrogens with zero attached hydrogens (tertiary/aromatic N) is 1. The average molecular weight is 400 g/mol. The smallest absolute Gasteiger partial charge is 0.0544 e. The Bertz CT molecular complexity index is 1450. The van der Waals surface area contributed by atoms with Crippen LogP contribution in [0.2, 0.25) is 0 Å². The number of fused-ring (bicyclic) bond motifs is 5. The van der Waals surface area contributed by atoms with Gasteiger partial charge < -0.3 is 4.57 Å². The van der Waals surface area contributed by atoms with Crippen LogP contribution in [0.25, 0.3) is 44.7 Å². The summed E-state index contributed by atoms with van der Waals surface area (Å²) in [6, 6.07) is 31.2. The first-order chi connectivity index (χ1) is 15.3. The van der Waals surface area contributed by atoms with Gasteiger partial charge in [0.15, 0.2) is 0 Å². The molecule has 0 unspecified atom stereocenters. The third kappa shape index (κ3) is 3.00. The van der Waals surface area contributed by atoms with E-state index >= 15 is 0 Å². The molecular weight excluding hydrogens is 374 g/mol. The fraction of sp³-hybridized carbons (Fsp3) is 0.133. The molecule has 150 valence electrons. The van der Waals surface area contributed by atoms with E-state index in [0.717, 1.165) is 12.8 Å². The summed E-state index contributed by atoms with van der Waals surface area (Å²) in [4.78, 5) is 0. The predicted molar refractivity (Wildman–Crippen MR) is 133 cm³/mol. The van der Waals surface area contributed by atoms with Crippen LogP contribution >= 0.6 is 0 Å². The summed E-state index contributed by atoms with van der Waals surface area (Å²) in [5.41, 5.74) is 10.5. The van der Waals surface area contributed by atoms with Gasteiger partial charge in [0.25, 0.3) is 0 Å². The van der Waals surface area contributed by atoms with Gasteiger partial charge in [0, 0.05) is 16.5 Å². The second-order valence-corrected chi connectivity index (χ2v) is 8.59. The lowest BCUT2D eigenvalue weighted by Gasteiger charge is -2.12. The first kappa shape index (κ1) is 18.2. The van der Waals surface area contributed by atoms with Crippen LogP contribution in [0.4, 0.5) is 0 Å². The highest BCUT2D eigenvalue weighted by molar-refractivity contribution is 6.11. The van der Waals surface area contributed by atoms with Crippen LogP contribution in [0.1, 0.15) is 29.5 Å². The van der Waals surface area contributed by atoms with Crippen molar-refractivity contribution in [3.8, 4) is 16.8 Å². The Morgan fingerprint density at radius 1 is 0.742 bits per heavy atom. The van der Waals surface area contributed by atoms with E-state index in [-0.39, 0.29) is 0 Å². The molecule has 4 aromatic carbocycles. The molecule has 0 radical (unpaired) electrons. The molecule has 6 rings (SSSR count). The van der Waals surface area contributed by atoms with Gasteiger partial charge in [0.2, 0.25) is 0 Å². The zero-order valence-electron chi connectivity index (χ0n) is 17.8. The van der Waals surface area contributed by atoms with E-state index < -0.39 is 0 Å². The number of allylic oxidation sites excluding steroid dienone is 1. The maximum atomic E-state index is 2.44. The molecule has 0 atom stereocenters. The number of hydrogen-bond acceptors (Lipinski definition) is 0. The average Bonchev–Trinajstić information content (AvgIpc) is 2.96. The highest BCUT2D eigenvalue weighted by Gasteiger charge is 2.17. The number of rotatable bonds is 2. The van der Waals surface area contributed by atoms with Crippen molar-refractivity contribution in [2.75, 3.05) is 0 Å². The quantitative estimate of drug-likeness (QED) is 0.282. The van der Waals surface area contributed by atoms with Crippen molar-refractivity contribution in [3.05, 3.63) is 108 Å². The fourth-order valence-electron chi connectivity index (χ4n) is 5.03. The Kier molecular flexibility index (Phi) is 4.28. The molecule has 0 saturated carbocycles. The van der Waals surface area contributed by atoms with Gasteiger partial charge in [0.1, 0.15) is 0 Å². The molecule has 0 amide bonds. The number of aryl methyl sites for hydroxylation is 2. The summed E-state index contributed by atoms with van der Waals surface area (Å²) in [5, 5.41) is 2.77. The Labute approximate surface area is 183 Å². The van der Waals surface area contributed by atoms with Crippen molar-refractivity contribution in [1.82, 2.24) is 4.57 Å². The monoisotopic (exact) mass is 399 g/mol. The van der Waals surface area contributed by atoms with Crippen LogP contribution < -0.4 is 0 Å². The Balaban J connectivity index is 1.63. The maximum absolute atomic E-state index is 2.44. The maximum Gasteiger partial charge on any atom is 0.0544 e. The molecule has 0 N–H and O–H groups in total. The highest BCUT2D eigenvalue weighted by atomic mass is 15.0. The lowest BCUT2D eigenvalue weighted by atomic mass is 9.98. The van der Waals surface area contributed by atoms with Crippen molar-refractivity contribution in [1.29, 1.82) is 0 Å². The van der Waals surface area contributed by atoms with E-state index in [1.807, 2.05) is 0 Å². The van der Waals surface area contributed by atoms with Crippen molar-refractivity contribution >= 4 is 27.9 Å². The minimum absolute atomic E-state index is 1.14. The van der Waals surface area contributed by atoms with E-state index in [9.17, 15) is 0 Å². The van der Waals surface area contributed by atoms with E-state index in [4.69, 9.17) is 0 Å². The number of hydrogen-bond donors (Lipinski definition) is 0. The van der Waals surface area contributed by atoms with Crippen LogP contribution in [0.5, 0.6) is 0 Å². The number of aromatic nitrogens is 1. The molecule has 31 heavy (non-hydrogen) atoms. The highest BCUT2D eigenvalue weighted by Crippen LogP contribution is 2.38. The minimum atomic E-state index is 1.14. The van der Waals surface area contributed by atoms with Gasteiger partial charge in [-0.05, 0) is 72.7 Å². The van der Waals surface area contributed by atoms with Crippen molar-refractivity contribution in [2.24, 2.45) is 0 Å². The molecule has 1 heteroatoms. The summed E-state index contributed by atoms with van der Waals surface area (Å²) < 4.78 is 2.44. The molecule has 1 aliphatic rings. The summed E-state index contributed by atoms with van der Waals surface area (Å²) in [6.07, 6.45) is 8.14. The number of para-hydroxylation sites is 1. The molecular formula is C30H25N. The minimum Gasteiger partial charge on any atom is -0.309 e. The van der Waals surface area contributed by atoms with Gasteiger partial charge in [-0.15, -0.1) is 0 Å². The van der Waals surface area contributed by atoms with Crippen LogP contribution in [-0.2, 0) is 6.42 Å². The van der Waals surface area contributed by atoms with Crippen LogP contribution in [0, 0.1) is 6.92 Å². The zero-order chi connectivity index (χ0) is 20.8. The molecule has 0 fully saturated rings. The van der Waals surface area contributed by atoms with Crippen LogP contribution in [0.15, 0.2) is 91.0 Å². The molecule has 0 spiro atoms. The molecule has 0 bridgehead atoms. The molecule has 1 heterocycles. The second-order valence-electron chi connectivity index (χ2n) is 8.59. The van der Waals surface area contributed by atoms with E-state index in [1.165, 1.54) is 61.7 Å². The van der Waals surface area contributed by atoms with Crippen molar-refractivity contribution in [2.45, 2.75) is 26.2 Å². The fourth-order valence-corrected chi connectivity index (χ4v) is 5.03. The molecule has 1 aliphatic carbocycles. The summed E-state index contributed by atoms with van der Waals surface area (Å²) in [5.74, 6) is 0. The third-order valence-corrected chi connectivity index (χ3v) is 6.57. The molecule has 1 aromatic heterocycles. The second kappa shape index (κ2) is 7.28. The Morgan fingerprint density at radius 3 is 2.52 bits per heavy atom. The van der Waals surface area contributed by atoms with Crippen LogP contribution in [-0.4, -0.2) is 4.57 Å². The van der Waals surface area contributed by atoms with Gasteiger partial charge in [-0.25, -0.2) is 0 Å². The van der Waals surface area contributed by atoms with Gasteiger partial charge in [-0.2, -0.15) is 0 Å². The van der Waals surface area contributed by atoms with E-state index in [2.05, 4.69) is 109 Å². The topological polar surface area (TPSA) is 4.93 Å². The van der Waals surface area contributed by atoms with E-state index in [0.29, 0.717) is 0 Å². The van der Waals surface area contributed by atoms with Gasteiger partial charge in [0.05, 0.1) is 11.0 Å². The number of benzene rings is 4. The molecule has 0 aliphatic heterocycles. The Hall–Kier alpha value is -3.58. The van der Waals surface area contributed by atoms with E-state index in [1.54, 1.807) is 0 Å². The van der Waals surface area contributed by atoms with Gasteiger partial charge in [-0.1, -0.05) is 78.4 Å². The standard InChI is InChI=1S/C30H25N/c1-21-14-16-22(17-15-21)24-9-7-10-25(20-24)31-28-13-6-5-12-27(28)30-26-11-4-2-3-8-23(26)18-19-29(30)31/h3,5-10,12-20H,2,4,11H2,1H3. The first-order valence-corrected chi connectivity index (χ1v) is 11.2. The summed E-state index contributed by atoms with van der Waals surface area (Å²) >= 11 is 0. The normalized spacial score (nSPS) is 13.5. The summed E-state index contributed by atoms with van der Waals surface area (Å²) in [6.45, 7) is 2.14. The molecule has 5 aromatic rings. The molecule has 0 saturated heterocycles.